The van der Waals surface area contributed by atoms with Gasteiger partial charge in [-0.25, -0.2) is 4.39 Å². The summed E-state index contributed by atoms with van der Waals surface area (Å²) in [6, 6.07) is 11.9. The third-order valence-electron chi connectivity index (χ3n) is 6.35. The van der Waals surface area contributed by atoms with Crippen molar-refractivity contribution in [2.45, 2.75) is 0 Å². The Morgan fingerprint density at radius 3 is 2.62 bits per heavy atom. The number of nitrogens with zero attached hydrogens (tertiary/aromatic N) is 4. The maximum absolute atomic E-state index is 16.3. The fourth-order valence-corrected chi connectivity index (χ4v) is 4.91. The van der Waals surface area contributed by atoms with Crippen LogP contribution in [0.15, 0.2) is 55.1 Å². The molecule has 1 aliphatic rings. The number of halogens is 2. The second-order valence-electron chi connectivity index (χ2n) is 8.58. The Morgan fingerprint density at radius 1 is 1.14 bits per heavy atom. The number of hydrogen-bond donors (Lipinski definition) is 2. The summed E-state index contributed by atoms with van der Waals surface area (Å²) >= 11 is 6.69. The van der Waals surface area contributed by atoms with E-state index in [1.807, 2.05) is 29.2 Å². The lowest BCUT2D eigenvalue weighted by atomic mass is 9.96. The molecule has 5 rings (SSSR count). The summed E-state index contributed by atoms with van der Waals surface area (Å²) in [6.45, 7) is 4.98. The number of piperazine rings is 1. The van der Waals surface area contributed by atoms with Crippen LogP contribution in [0.3, 0.4) is 0 Å². The van der Waals surface area contributed by atoms with Crippen molar-refractivity contribution in [1.29, 1.82) is 0 Å². The van der Waals surface area contributed by atoms with E-state index in [1.54, 1.807) is 17.0 Å². The molecule has 8 nitrogen and oxygen atoms in total. The summed E-state index contributed by atoms with van der Waals surface area (Å²) in [7, 11) is 0. The summed E-state index contributed by atoms with van der Waals surface area (Å²) in [5, 5.41) is 21.5. The highest BCUT2D eigenvalue weighted by Gasteiger charge is 2.26. The number of aliphatic hydroxyl groups excluding tert-OH is 1. The number of amides is 1. The van der Waals surface area contributed by atoms with Gasteiger partial charge in [-0.2, -0.15) is 9.97 Å². The normalized spacial score (nSPS) is 13.8. The molecular formula is C27H24ClFN4O4. The monoisotopic (exact) mass is 522 g/mol. The number of aliphatic hydroxyl groups is 1. The first kappa shape index (κ1) is 24.7. The average Bonchev–Trinajstić information content (AvgIpc) is 2.91. The van der Waals surface area contributed by atoms with Crippen molar-refractivity contribution >= 4 is 45.0 Å². The number of hydrogen-bond acceptors (Lipinski definition) is 7. The van der Waals surface area contributed by atoms with Crippen molar-refractivity contribution in [3.05, 3.63) is 66.0 Å². The highest BCUT2D eigenvalue weighted by Crippen LogP contribution is 2.42. The maximum atomic E-state index is 16.3. The van der Waals surface area contributed by atoms with Crippen molar-refractivity contribution in [2.24, 2.45) is 0 Å². The van der Waals surface area contributed by atoms with Gasteiger partial charge in [-0.3, -0.25) is 4.79 Å². The first-order valence-electron chi connectivity index (χ1n) is 11.7. The van der Waals surface area contributed by atoms with Crippen molar-refractivity contribution in [2.75, 3.05) is 44.3 Å². The molecule has 1 aliphatic heterocycles. The van der Waals surface area contributed by atoms with Crippen LogP contribution in [0.4, 0.5) is 10.2 Å². The minimum Gasteiger partial charge on any atom is -0.508 e. The van der Waals surface area contributed by atoms with Gasteiger partial charge in [0.2, 0.25) is 5.91 Å². The molecule has 0 radical (unpaired) electrons. The lowest BCUT2D eigenvalue weighted by Crippen LogP contribution is -2.48. The van der Waals surface area contributed by atoms with Crippen LogP contribution in [-0.4, -0.2) is 70.4 Å². The van der Waals surface area contributed by atoms with E-state index >= 15 is 4.39 Å². The quantitative estimate of drug-likeness (QED) is 0.367. The Labute approximate surface area is 217 Å². The Balaban J connectivity index is 1.68. The topological polar surface area (TPSA) is 99.0 Å². The van der Waals surface area contributed by atoms with Gasteiger partial charge < -0.3 is 24.7 Å². The van der Waals surface area contributed by atoms with Gasteiger partial charge in [0.1, 0.15) is 23.7 Å². The van der Waals surface area contributed by atoms with Gasteiger partial charge in [0.15, 0.2) is 5.82 Å². The van der Waals surface area contributed by atoms with Gasteiger partial charge in [-0.15, -0.1) is 0 Å². The fourth-order valence-electron chi connectivity index (χ4n) is 4.62. The Hall–Kier alpha value is -3.95. The predicted molar refractivity (Wildman–Crippen MR) is 141 cm³/mol. The van der Waals surface area contributed by atoms with E-state index in [9.17, 15) is 15.0 Å². The van der Waals surface area contributed by atoms with E-state index in [-0.39, 0.29) is 47.0 Å². The molecule has 1 aromatic heterocycles. The molecule has 0 unspecified atom stereocenters. The van der Waals surface area contributed by atoms with Crippen LogP contribution in [-0.2, 0) is 4.79 Å². The number of phenols is 1. The van der Waals surface area contributed by atoms with Crippen LogP contribution in [0.2, 0.25) is 5.02 Å². The summed E-state index contributed by atoms with van der Waals surface area (Å²) < 4.78 is 21.8. The number of phenolic OH excluding ortho intramolecular Hbond substituents is 1. The van der Waals surface area contributed by atoms with E-state index < -0.39 is 5.82 Å². The Bertz CT molecular complexity index is 1520. The van der Waals surface area contributed by atoms with E-state index in [0.29, 0.717) is 42.9 Å². The first-order valence-corrected chi connectivity index (χ1v) is 12.1. The second-order valence-corrected chi connectivity index (χ2v) is 8.98. The molecule has 0 atom stereocenters. The fraction of sp³-hybridized carbons (Fsp3) is 0.222. The molecular weight excluding hydrogens is 499 g/mol. The van der Waals surface area contributed by atoms with Gasteiger partial charge >= 0.3 is 6.01 Å². The van der Waals surface area contributed by atoms with Gasteiger partial charge in [0.25, 0.3) is 0 Å². The largest absolute Gasteiger partial charge is 0.508 e. The average molecular weight is 523 g/mol. The first-order chi connectivity index (χ1) is 17.9. The highest BCUT2D eigenvalue weighted by atomic mass is 35.5. The van der Waals surface area contributed by atoms with E-state index in [0.717, 1.165) is 10.8 Å². The van der Waals surface area contributed by atoms with E-state index in [1.165, 1.54) is 12.1 Å². The molecule has 1 amide bonds. The molecule has 1 fully saturated rings. The smallest absolute Gasteiger partial charge is 0.319 e. The van der Waals surface area contributed by atoms with Crippen LogP contribution in [0.25, 0.3) is 32.8 Å². The molecule has 37 heavy (non-hydrogen) atoms. The molecule has 0 spiro atoms. The minimum absolute atomic E-state index is 0.00522. The number of ether oxygens (including phenoxy) is 1. The lowest BCUT2D eigenvalue weighted by Gasteiger charge is -2.35. The van der Waals surface area contributed by atoms with Crippen LogP contribution in [0.5, 0.6) is 11.8 Å². The van der Waals surface area contributed by atoms with Gasteiger partial charge in [0.05, 0.1) is 11.6 Å². The van der Waals surface area contributed by atoms with Crippen molar-refractivity contribution < 1.29 is 24.1 Å². The molecule has 2 N–H and O–H groups in total. The van der Waals surface area contributed by atoms with E-state index in [2.05, 4.69) is 16.5 Å². The number of aromatic nitrogens is 2. The molecule has 0 saturated carbocycles. The lowest BCUT2D eigenvalue weighted by molar-refractivity contribution is -0.126. The zero-order valence-corrected chi connectivity index (χ0v) is 20.6. The Kier molecular flexibility index (Phi) is 6.82. The number of aromatic hydroxyl groups is 1. The number of benzene rings is 3. The van der Waals surface area contributed by atoms with E-state index in [4.69, 9.17) is 16.3 Å². The van der Waals surface area contributed by atoms with Crippen LogP contribution in [0.1, 0.15) is 0 Å². The summed E-state index contributed by atoms with van der Waals surface area (Å²) in [4.78, 5) is 24.4. The van der Waals surface area contributed by atoms with Crippen molar-refractivity contribution in [1.82, 2.24) is 14.9 Å². The van der Waals surface area contributed by atoms with Gasteiger partial charge in [-0.05, 0) is 40.6 Å². The molecule has 1 saturated heterocycles. The van der Waals surface area contributed by atoms with Gasteiger partial charge in [0, 0.05) is 37.1 Å². The number of fused-ring (bicyclic) bond motifs is 2. The molecule has 0 bridgehead atoms. The molecule has 3 aromatic carbocycles. The Morgan fingerprint density at radius 2 is 1.89 bits per heavy atom. The number of anilines is 1. The summed E-state index contributed by atoms with van der Waals surface area (Å²) in [5.74, 6) is -0.448. The molecule has 4 aromatic rings. The molecule has 2 heterocycles. The number of carbonyl (C=O) groups is 1. The van der Waals surface area contributed by atoms with Crippen molar-refractivity contribution in [3.8, 4) is 22.9 Å². The second kappa shape index (κ2) is 10.2. The predicted octanol–water partition coefficient (Wildman–Crippen LogP) is 4.15. The zero-order chi connectivity index (χ0) is 26.1. The number of rotatable bonds is 6. The summed E-state index contributed by atoms with van der Waals surface area (Å²) in [5.41, 5.74) is 0.518. The third kappa shape index (κ3) is 4.63. The molecule has 0 aliphatic carbocycles. The van der Waals surface area contributed by atoms with Crippen LogP contribution >= 0.6 is 11.6 Å². The molecule has 10 heteroatoms. The zero-order valence-electron chi connectivity index (χ0n) is 19.8. The SMILES string of the molecule is C=CC(=O)N1CCN(c2nc(OCCO)nc3c(F)c(-c4cc(O)cc5ccccc45)c(Cl)cc23)CC1. The number of carbonyl (C=O) groups excluding carboxylic acids is 1. The van der Waals surface area contributed by atoms with Crippen LogP contribution < -0.4 is 9.64 Å². The standard InChI is InChI=1S/C27H24ClFN4O4/c1-2-22(36)32-7-9-33(10-8-32)26-20-15-21(28)23(24(29)25(20)30-27(31-26)37-12-11-34)19-14-17(35)13-16-5-3-4-6-18(16)19/h2-6,13-15,34-35H,1,7-12H2. The third-order valence-corrected chi connectivity index (χ3v) is 6.64. The van der Waals surface area contributed by atoms with Crippen molar-refractivity contribution in [3.63, 3.8) is 0 Å². The summed E-state index contributed by atoms with van der Waals surface area (Å²) in [6.07, 6.45) is 1.28. The highest BCUT2D eigenvalue weighted by molar-refractivity contribution is 6.35. The molecule has 190 valence electrons. The maximum Gasteiger partial charge on any atom is 0.319 e. The minimum atomic E-state index is -0.684. The van der Waals surface area contributed by atoms with Crippen LogP contribution in [0, 0.1) is 5.82 Å². The van der Waals surface area contributed by atoms with Gasteiger partial charge in [-0.1, -0.05) is 42.4 Å².